The van der Waals surface area contributed by atoms with Crippen molar-refractivity contribution in [2.45, 2.75) is 6.92 Å². The smallest absolute Gasteiger partial charge is 0.232 e. The van der Waals surface area contributed by atoms with Gasteiger partial charge < -0.3 is 25.2 Å². The van der Waals surface area contributed by atoms with Crippen LogP contribution in [0.2, 0.25) is 0 Å². The van der Waals surface area contributed by atoms with Gasteiger partial charge in [0.15, 0.2) is 17.3 Å². The number of aromatic nitrogens is 3. The molecule has 0 radical (unpaired) electrons. The molecule has 9 nitrogen and oxygen atoms in total. The lowest BCUT2D eigenvalue weighted by atomic mass is 10.1. The number of nitrogens with one attached hydrogen (secondary N) is 2. The third-order valence-corrected chi connectivity index (χ3v) is 3.86. The van der Waals surface area contributed by atoms with Gasteiger partial charge in [0.05, 0.1) is 14.2 Å². The van der Waals surface area contributed by atoms with Crippen LogP contribution in [-0.2, 0) is 0 Å². The first-order chi connectivity index (χ1) is 13.5. The first-order valence-corrected chi connectivity index (χ1v) is 8.29. The quantitative estimate of drug-likeness (QED) is 0.418. The molecule has 0 spiro atoms. The van der Waals surface area contributed by atoms with Gasteiger partial charge >= 0.3 is 0 Å². The molecule has 0 aliphatic heterocycles. The van der Waals surface area contributed by atoms with Gasteiger partial charge in [-0.2, -0.15) is 4.98 Å². The molecule has 0 aliphatic carbocycles. The number of nitrogens with zero attached hydrogens (tertiary/aromatic N) is 3. The molecule has 3 N–H and O–H groups in total. The van der Waals surface area contributed by atoms with E-state index in [9.17, 15) is 9.90 Å². The Labute approximate surface area is 161 Å². The molecule has 3 aromatic rings. The van der Waals surface area contributed by atoms with Gasteiger partial charge in [-0.1, -0.05) is 0 Å². The molecule has 9 heteroatoms. The van der Waals surface area contributed by atoms with Crippen LogP contribution < -0.4 is 20.1 Å². The summed E-state index contributed by atoms with van der Waals surface area (Å²) in [5.41, 5.74) is 1.92. The first-order valence-electron chi connectivity index (χ1n) is 8.29. The van der Waals surface area contributed by atoms with E-state index >= 15 is 0 Å². The number of phenols is 1. The minimum absolute atomic E-state index is 0.00190. The van der Waals surface area contributed by atoms with Crippen molar-refractivity contribution >= 4 is 29.1 Å². The van der Waals surface area contributed by atoms with Crippen molar-refractivity contribution in [3.05, 3.63) is 48.3 Å². The number of methoxy groups -OCH3 is 2. The molecule has 0 unspecified atom stereocenters. The van der Waals surface area contributed by atoms with Gasteiger partial charge in [0, 0.05) is 29.1 Å². The zero-order chi connectivity index (χ0) is 20.1. The lowest BCUT2D eigenvalue weighted by Crippen LogP contribution is -2.03. The summed E-state index contributed by atoms with van der Waals surface area (Å²) >= 11 is 0. The predicted molar refractivity (Wildman–Crippen MR) is 104 cm³/mol. The molecule has 0 bridgehead atoms. The number of carbonyl (C=O) groups excluding carboxylic acids is 1. The number of Topliss-reactive ketones (excluding diaryl/α,β-unsaturated/α-hetero) is 1. The third kappa shape index (κ3) is 4.26. The summed E-state index contributed by atoms with van der Waals surface area (Å²) in [4.78, 5) is 23.8. The molecule has 1 heterocycles. The fourth-order valence-electron chi connectivity index (χ4n) is 2.43. The number of aromatic hydroxyl groups is 1. The zero-order valence-electron chi connectivity index (χ0n) is 15.6. The summed E-state index contributed by atoms with van der Waals surface area (Å²) in [5, 5.41) is 16.1. The van der Waals surface area contributed by atoms with E-state index in [0.717, 1.165) is 5.69 Å². The van der Waals surface area contributed by atoms with Crippen molar-refractivity contribution in [3.8, 4) is 17.2 Å². The van der Waals surface area contributed by atoms with Gasteiger partial charge in [0.2, 0.25) is 17.6 Å². The van der Waals surface area contributed by atoms with E-state index < -0.39 is 0 Å². The highest BCUT2D eigenvalue weighted by Gasteiger charge is 2.12. The molecule has 0 fully saturated rings. The SMILES string of the molecule is COc1cc(Nc2ncnc(Nc3ccc(C(C)=O)cc3)n2)cc(OC)c1O. The Morgan fingerprint density at radius 1 is 0.929 bits per heavy atom. The van der Waals surface area contributed by atoms with Crippen LogP contribution in [0.1, 0.15) is 17.3 Å². The van der Waals surface area contributed by atoms with Crippen molar-refractivity contribution in [2.24, 2.45) is 0 Å². The Kier molecular flexibility index (Phi) is 5.54. The van der Waals surface area contributed by atoms with Crippen LogP contribution in [0, 0.1) is 0 Å². The van der Waals surface area contributed by atoms with Crippen molar-refractivity contribution < 1.29 is 19.4 Å². The normalized spacial score (nSPS) is 10.2. The third-order valence-electron chi connectivity index (χ3n) is 3.86. The van der Waals surface area contributed by atoms with Crippen LogP contribution in [0.3, 0.4) is 0 Å². The lowest BCUT2D eigenvalue weighted by molar-refractivity contribution is 0.101. The van der Waals surface area contributed by atoms with Crippen molar-refractivity contribution in [1.82, 2.24) is 15.0 Å². The molecule has 144 valence electrons. The largest absolute Gasteiger partial charge is 0.502 e. The van der Waals surface area contributed by atoms with E-state index in [0.29, 0.717) is 17.2 Å². The van der Waals surface area contributed by atoms with Gasteiger partial charge in [0.1, 0.15) is 6.33 Å². The standard InChI is InChI=1S/C19H19N5O4/c1-11(25)12-4-6-13(7-5-12)22-18-20-10-21-19(24-18)23-14-8-15(27-2)17(26)16(9-14)28-3/h4-10,26H,1-3H3,(H2,20,21,22,23,24). The minimum Gasteiger partial charge on any atom is -0.502 e. The molecular formula is C19H19N5O4. The number of carbonyl (C=O) groups is 1. The second-order valence-electron chi connectivity index (χ2n) is 5.75. The predicted octanol–water partition coefficient (Wildman–Crippen LogP) is 3.28. The summed E-state index contributed by atoms with van der Waals surface area (Å²) in [7, 11) is 2.89. The number of hydrogen-bond donors (Lipinski definition) is 3. The topological polar surface area (TPSA) is 118 Å². The Morgan fingerprint density at radius 2 is 1.46 bits per heavy atom. The molecular weight excluding hydrogens is 362 g/mol. The highest BCUT2D eigenvalue weighted by atomic mass is 16.5. The van der Waals surface area contributed by atoms with E-state index in [1.165, 1.54) is 27.5 Å². The van der Waals surface area contributed by atoms with E-state index in [1.807, 2.05) is 0 Å². The van der Waals surface area contributed by atoms with Crippen molar-refractivity contribution in [2.75, 3.05) is 24.9 Å². The monoisotopic (exact) mass is 381 g/mol. The summed E-state index contributed by atoms with van der Waals surface area (Å²) in [5.74, 6) is 1.01. The van der Waals surface area contributed by atoms with Crippen LogP contribution in [0.5, 0.6) is 17.2 Å². The average Bonchev–Trinajstić information content (AvgIpc) is 2.70. The fraction of sp³-hybridized carbons (Fsp3) is 0.158. The van der Waals surface area contributed by atoms with Crippen molar-refractivity contribution in [1.29, 1.82) is 0 Å². The zero-order valence-corrected chi connectivity index (χ0v) is 15.6. The van der Waals surface area contributed by atoms with Gasteiger partial charge in [-0.3, -0.25) is 4.79 Å². The molecule has 0 amide bonds. The molecule has 0 atom stereocenters. The lowest BCUT2D eigenvalue weighted by Gasteiger charge is -2.12. The summed E-state index contributed by atoms with van der Waals surface area (Å²) in [6.45, 7) is 1.51. The summed E-state index contributed by atoms with van der Waals surface area (Å²) < 4.78 is 10.3. The second-order valence-corrected chi connectivity index (χ2v) is 5.75. The molecule has 0 aliphatic rings. The second kappa shape index (κ2) is 8.21. The first kappa shape index (κ1) is 18.9. The highest BCUT2D eigenvalue weighted by Crippen LogP contribution is 2.39. The molecule has 0 saturated carbocycles. The number of ketones is 1. The van der Waals surface area contributed by atoms with Crippen LogP contribution in [-0.4, -0.2) is 40.1 Å². The maximum Gasteiger partial charge on any atom is 0.232 e. The van der Waals surface area contributed by atoms with E-state index in [-0.39, 0.29) is 29.0 Å². The molecule has 0 saturated heterocycles. The number of hydrogen-bond acceptors (Lipinski definition) is 9. The van der Waals surface area contributed by atoms with E-state index in [2.05, 4.69) is 25.6 Å². The van der Waals surface area contributed by atoms with Gasteiger partial charge in [-0.05, 0) is 31.2 Å². The van der Waals surface area contributed by atoms with Crippen LogP contribution in [0.15, 0.2) is 42.7 Å². The molecule has 3 rings (SSSR count). The fourth-order valence-corrected chi connectivity index (χ4v) is 2.43. The van der Waals surface area contributed by atoms with Gasteiger partial charge in [-0.25, -0.2) is 9.97 Å². The summed E-state index contributed by atoms with van der Waals surface area (Å²) in [6, 6.07) is 10.2. The number of anilines is 4. The average molecular weight is 381 g/mol. The van der Waals surface area contributed by atoms with Gasteiger partial charge in [-0.15, -0.1) is 0 Å². The Balaban J connectivity index is 1.79. The Bertz CT molecular complexity index is 967. The van der Waals surface area contributed by atoms with E-state index in [4.69, 9.17) is 9.47 Å². The maximum absolute atomic E-state index is 11.4. The van der Waals surface area contributed by atoms with Crippen LogP contribution in [0.25, 0.3) is 0 Å². The Morgan fingerprint density at radius 3 is 1.96 bits per heavy atom. The molecule has 2 aromatic carbocycles. The summed E-state index contributed by atoms with van der Waals surface area (Å²) in [6.07, 6.45) is 1.36. The minimum atomic E-state index is -0.0949. The van der Waals surface area contributed by atoms with Gasteiger partial charge in [0.25, 0.3) is 0 Å². The van der Waals surface area contributed by atoms with Crippen LogP contribution in [0.4, 0.5) is 23.3 Å². The van der Waals surface area contributed by atoms with E-state index in [1.54, 1.807) is 36.4 Å². The molecule has 28 heavy (non-hydrogen) atoms. The maximum atomic E-state index is 11.4. The number of benzene rings is 2. The van der Waals surface area contributed by atoms with Crippen LogP contribution >= 0.6 is 0 Å². The molecule has 1 aromatic heterocycles. The number of rotatable bonds is 7. The van der Waals surface area contributed by atoms with Crippen molar-refractivity contribution in [3.63, 3.8) is 0 Å². The highest BCUT2D eigenvalue weighted by molar-refractivity contribution is 5.94. The Hall–Kier alpha value is -3.88. The number of ether oxygens (including phenoxy) is 2. The number of phenolic OH excluding ortho intramolecular Hbond substituents is 1.